The minimum Gasteiger partial charge on any atom is -0.504 e. The standard InChI is InChI=1S/C35H28Cl2FN5O10/c1-39(2)28-23(42(49)50)13-18(14-24(28)43(51)52)40-30(45)20-12-11-19-22(26(20)31(40)46)15-34(36)32(47)41(17-9-7-16(38)8-10-17)33(48)35(34,37)27(19)21-5-4-6-25(53-3)29(21)44/h4-11,13-14,20,22,26-27,44H,12,15H2,1-3H3. The van der Waals surface area contributed by atoms with Gasteiger partial charge < -0.3 is 14.7 Å². The number of imide groups is 2. The Morgan fingerprint density at radius 3 is 2.09 bits per heavy atom. The van der Waals surface area contributed by atoms with Gasteiger partial charge in [0.05, 0.1) is 40.2 Å². The van der Waals surface area contributed by atoms with Crippen molar-refractivity contribution < 1.29 is 43.3 Å². The van der Waals surface area contributed by atoms with Crippen LogP contribution in [0.15, 0.2) is 66.2 Å². The van der Waals surface area contributed by atoms with Crippen molar-refractivity contribution in [3.8, 4) is 11.5 Å². The second-order valence-corrected chi connectivity index (χ2v) is 14.6. The van der Waals surface area contributed by atoms with Gasteiger partial charge in [0.25, 0.3) is 11.8 Å². The summed E-state index contributed by atoms with van der Waals surface area (Å²) in [5.41, 5.74) is -1.90. The molecular formula is C35H28Cl2FN5O10. The lowest BCUT2D eigenvalue weighted by Crippen LogP contribution is -2.60. The van der Waals surface area contributed by atoms with Gasteiger partial charge in [0, 0.05) is 37.7 Å². The number of aromatic hydroxyl groups is 1. The molecule has 1 N–H and O–H groups in total. The summed E-state index contributed by atoms with van der Waals surface area (Å²) in [5.74, 6) is -9.57. The summed E-state index contributed by atoms with van der Waals surface area (Å²) in [6.07, 6.45) is 1.04. The quantitative estimate of drug-likeness (QED) is 0.109. The Morgan fingerprint density at radius 2 is 1.53 bits per heavy atom. The maximum absolute atomic E-state index is 14.5. The van der Waals surface area contributed by atoms with Gasteiger partial charge in [0.2, 0.25) is 11.8 Å². The molecule has 6 unspecified atom stereocenters. The summed E-state index contributed by atoms with van der Waals surface area (Å²) in [7, 11) is 4.04. The fourth-order valence-corrected chi connectivity index (χ4v) is 9.32. The van der Waals surface area contributed by atoms with E-state index in [0.717, 1.165) is 29.2 Å². The number of fused-ring (bicyclic) bond motifs is 4. The van der Waals surface area contributed by atoms with Crippen LogP contribution >= 0.6 is 23.2 Å². The van der Waals surface area contributed by atoms with Crippen molar-refractivity contribution in [2.45, 2.75) is 28.5 Å². The van der Waals surface area contributed by atoms with Gasteiger partial charge in [-0.25, -0.2) is 14.2 Å². The number of phenolic OH excluding ortho intramolecular Hbond substituents is 1. The molecular weight excluding hydrogens is 740 g/mol. The van der Waals surface area contributed by atoms with Gasteiger partial charge in [-0.15, -0.1) is 23.2 Å². The van der Waals surface area contributed by atoms with E-state index in [9.17, 15) is 48.9 Å². The monoisotopic (exact) mass is 767 g/mol. The van der Waals surface area contributed by atoms with Crippen molar-refractivity contribution in [2.24, 2.45) is 17.8 Å². The summed E-state index contributed by atoms with van der Waals surface area (Å²) in [5, 5.41) is 35.7. The van der Waals surface area contributed by atoms with Crippen LogP contribution in [0, 0.1) is 43.8 Å². The van der Waals surface area contributed by atoms with Gasteiger partial charge in [0.15, 0.2) is 26.9 Å². The first-order chi connectivity index (χ1) is 25.0. The van der Waals surface area contributed by atoms with E-state index in [2.05, 4.69) is 0 Å². The molecule has 2 saturated heterocycles. The average Bonchev–Trinajstić information content (AvgIpc) is 3.45. The Hall–Kier alpha value is -5.61. The molecule has 0 aromatic heterocycles. The number of allylic oxidation sites excluding steroid dienone is 2. The number of rotatable bonds is 7. The molecule has 1 saturated carbocycles. The molecule has 0 radical (unpaired) electrons. The molecule has 0 bridgehead atoms. The Bertz CT molecular complexity index is 2180. The van der Waals surface area contributed by atoms with Gasteiger partial charge in [-0.3, -0.25) is 39.4 Å². The van der Waals surface area contributed by atoms with Crippen molar-refractivity contribution in [1.29, 1.82) is 0 Å². The molecule has 53 heavy (non-hydrogen) atoms. The summed E-state index contributed by atoms with van der Waals surface area (Å²) >= 11 is 14.7. The molecule has 18 heteroatoms. The van der Waals surface area contributed by atoms with E-state index >= 15 is 0 Å². The fourth-order valence-electron chi connectivity index (χ4n) is 8.39. The van der Waals surface area contributed by atoms with Crippen LogP contribution in [0.2, 0.25) is 0 Å². The fraction of sp³-hybridized carbons (Fsp3) is 0.314. The van der Waals surface area contributed by atoms with Crippen LogP contribution in [0.25, 0.3) is 0 Å². The van der Waals surface area contributed by atoms with Crippen LogP contribution in [0.1, 0.15) is 24.3 Å². The van der Waals surface area contributed by atoms with E-state index in [0.29, 0.717) is 10.5 Å². The molecule has 6 atom stereocenters. The number of hydrogen-bond acceptors (Lipinski definition) is 11. The predicted octanol–water partition coefficient (Wildman–Crippen LogP) is 5.19. The highest BCUT2D eigenvalue weighted by Crippen LogP contribution is 2.67. The van der Waals surface area contributed by atoms with Gasteiger partial charge in [-0.05, 0) is 49.1 Å². The number of nitro benzene ring substituents is 2. The zero-order chi connectivity index (χ0) is 38.5. The number of nitro groups is 2. The third-order valence-electron chi connectivity index (χ3n) is 10.6. The number of para-hydroxylation sites is 1. The smallest absolute Gasteiger partial charge is 0.301 e. The maximum Gasteiger partial charge on any atom is 0.301 e. The lowest BCUT2D eigenvalue weighted by atomic mass is 9.56. The molecule has 2 aliphatic carbocycles. The van der Waals surface area contributed by atoms with E-state index < -0.39 is 102 Å². The van der Waals surface area contributed by atoms with Crippen LogP contribution in [0.3, 0.4) is 0 Å². The first-order valence-corrected chi connectivity index (χ1v) is 16.8. The molecule has 4 aliphatic rings. The molecule has 3 aromatic carbocycles. The number of methoxy groups -OCH3 is 1. The van der Waals surface area contributed by atoms with Crippen molar-refractivity contribution in [1.82, 2.24) is 0 Å². The summed E-state index contributed by atoms with van der Waals surface area (Å²) in [4.78, 5) is 78.0. The second kappa shape index (κ2) is 12.2. The highest BCUT2D eigenvalue weighted by Gasteiger charge is 2.77. The number of benzene rings is 3. The van der Waals surface area contributed by atoms with E-state index in [1.807, 2.05) is 0 Å². The molecule has 2 heterocycles. The number of phenols is 1. The van der Waals surface area contributed by atoms with E-state index in [4.69, 9.17) is 27.9 Å². The third kappa shape index (κ3) is 4.84. The SMILES string of the molecule is COc1cccc(C2C3=CCC4C(=O)N(c5cc([N+](=O)[O-])c(N(C)C)c([N+](=O)[O-])c5)C(=O)C4C3CC3(Cl)C(=O)N(c4ccc(F)cc4)C(=O)C23Cl)c1O. The first-order valence-electron chi connectivity index (χ1n) is 16.1. The lowest BCUT2D eigenvalue weighted by molar-refractivity contribution is -0.392. The zero-order valence-corrected chi connectivity index (χ0v) is 29.5. The van der Waals surface area contributed by atoms with Gasteiger partial charge in [-0.1, -0.05) is 23.8 Å². The number of carbonyl (C=O) groups is 4. The lowest BCUT2D eigenvalue weighted by Gasteiger charge is -2.50. The molecule has 274 valence electrons. The molecule has 7 rings (SSSR count). The van der Waals surface area contributed by atoms with E-state index in [1.165, 1.54) is 56.4 Å². The second-order valence-electron chi connectivity index (χ2n) is 13.4. The average molecular weight is 769 g/mol. The first kappa shape index (κ1) is 35.8. The van der Waals surface area contributed by atoms with Crippen molar-refractivity contribution in [3.63, 3.8) is 0 Å². The number of alkyl halides is 2. The largest absolute Gasteiger partial charge is 0.504 e. The summed E-state index contributed by atoms with van der Waals surface area (Å²) in [6, 6.07) is 10.7. The van der Waals surface area contributed by atoms with E-state index in [1.54, 1.807) is 6.08 Å². The highest BCUT2D eigenvalue weighted by molar-refractivity contribution is 6.58. The summed E-state index contributed by atoms with van der Waals surface area (Å²) in [6.45, 7) is 0. The molecule has 2 aliphatic heterocycles. The minimum absolute atomic E-state index is 0.00540. The third-order valence-corrected chi connectivity index (χ3v) is 12.0. The number of ether oxygens (including phenoxy) is 1. The molecule has 3 aromatic rings. The number of nitrogens with zero attached hydrogens (tertiary/aromatic N) is 5. The Morgan fingerprint density at radius 1 is 0.906 bits per heavy atom. The van der Waals surface area contributed by atoms with Crippen LogP contribution < -0.4 is 19.4 Å². The molecule has 3 fully saturated rings. The summed E-state index contributed by atoms with van der Waals surface area (Å²) < 4.78 is 19.2. The Labute approximate surface area is 309 Å². The van der Waals surface area contributed by atoms with Gasteiger partial charge in [-0.2, -0.15) is 0 Å². The topological polar surface area (TPSA) is 194 Å². The molecule has 0 spiro atoms. The van der Waals surface area contributed by atoms with Crippen LogP contribution in [-0.2, 0) is 19.2 Å². The van der Waals surface area contributed by atoms with Crippen molar-refractivity contribution in [3.05, 3.63) is 97.9 Å². The maximum atomic E-state index is 14.5. The van der Waals surface area contributed by atoms with Crippen molar-refractivity contribution in [2.75, 3.05) is 35.9 Å². The number of carbonyl (C=O) groups excluding carboxylic acids is 4. The van der Waals surface area contributed by atoms with Crippen molar-refractivity contribution >= 4 is 75.3 Å². The zero-order valence-electron chi connectivity index (χ0n) is 28.0. The van der Waals surface area contributed by atoms with E-state index in [-0.39, 0.29) is 29.1 Å². The van der Waals surface area contributed by atoms with Crippen LogP contribution in [-0.4, -0.2) is 69.5 Å². The minimum atomic E-state index is -2.34. The van der Waals surface area contributed by atoms with Crippen LogP contribution in [0.4, 0.5) is 32.8 Å². The number of hydrogen-bond donors (Lipinski definition) is 1. The molecule has 15 nitrogen and oxygen atoms in total. The van der Waals surface area contributed by atoms with Crippen LogP contribution in [0.5, 0.6) is 11.5 Å². The predicted molar refractivity (Wildman–Crippen MR) is 188 cm³/mol. The normalized spacial score (nSPS) is 27.6. The molecule has 4 amide bonds. The van der Waals surface area contributed by atoms with Gasteiger partial charge >= 0.3 is 11.4 Å². The Balaban J connectivity index is 1.40. The highest BCUT2D eigenvalue weighted by atomic mass is 35.5. The number of anilines is 3. The number of amides is 4. The van der Waals surface area contributed by atoms with Gasteiger partial charge in [0.1, 0.15) is 5.82 Å². The number of halogens is 3. The Kier molecular flexibility index (Phi) is 8.26.